The van der Waals surface area contributed by atoms with Crippen molar-refractivity contribution in [3.8, 4) is 5.75 Å². The molecule has 2 aliphatic heterocycles. The number of aliphatic hydroxyl groups is 1. The van der Waals surface area contributed by atoms with Crippen molar-refractivity contribution < 1.29 is 14.6 Å². The molecule has 0 unspecified atom stereocenters. The van der Waals surface area contributed by atoms with Crippen molar-refractivity contribution in [2.24, 2.45) is 5.92 Å². The molecule has 0 radical (unpaired) electrons. The van der Waals surface area contributed by atoms with Gasteiger partial charge >= 0.3 is 0 Å². The number of likely N-dealkylation sites (tertiary alicyclic amines) is 2. The quantitative estimate of drug-likeness (QED) is 0.751. The summed E-state index contributed by atoms with van der Waals surface area (Å²) in [6.45, 7) is 2.36. The third kappa shape index (κ3) is 3.61. The van der Waals surface area contributed by atoms with Crippen LogP contribution >= 0.6 is 0 Å². The number of aliphatic hydroxyl groups excluding tert-OH is 1. The molecule has 1 aliphatic carbocycles. The van der Waals surface area contributed by atoms with Gasteiger partial charge in [-0.2, -0.15) is 0 Å². The van der Waals surface area contributed by atoms with Crippen LogP contribution < -0.4 is 4.74 Å². The minimum atomic E-state index is -0.109. The first kappa shape index (κ1) is 21.5. The molecule has 2 saturated heterocycles. The topological polar surface area (TPSA) is 53.0 Å². The van der Waals surface area contributed by atoms with E-state index < -0.39 is 0 Å². The Morgan fingerprint density at radius 3 is 2.50 bits per heavy atom. The van der Waals surface area contributed by atoms with Crippen LogP contribution in [0.25, 0.3) is 0 Å². The molecule has 2 aromatic rings. The van der Waals surface area contributed by atoms with Crippen molar-refractivity contribution in [3.05, 3.63) is 65.7 Å². The maximum Gasteiger partial charge on any atom is 0.225 e. The van der Waals surface area contributed by atoms with Crippen LogP contribution in [0.1, 0.15) is 49.1 Å². The third-order valence-corrected chi connectivity index (χ3v) is 7.96. The maximum absolute atomic E-state index is 13.2. The summed E-state index contributed by atoms with van der Waals surface area (Å²) >= 11 is 0. The van der Waals surface area contributed by atoms with Gasteiger partial charge in [0.05, 0.1) is 19.3 Å². The minimum Gasteiger partial charge on any atom is -0.497 e. The highest BCUT2D eigenvalue weighted by Gasteiger charge is 2.66. The van der Waals surface area contributed by atoms with E-state index in [-0.39, 0.29) is 30.0 Å². The number of hydrogen-bond acceptors (Lipinski definition) is 4. The molecule has 1 N–H and O–H groups in total. The molecule has 170 valence electrons. The number of benzene rings is 2. The number of carbonyl (C=O) groups is 1. The van der Waals surface area contributed by atoms with E-state index in [1.54, 1.807) is 7.11 Å². The second-order valence-corrected chi connectivity index (χ2v) is 9.75. The van der Waals surface area contributed by atoms with Gasteiger partial charge in [0.25, 0.3) is 0 Å². The number of hydrogen-bond donors (Lipinski definition) is 1. The van der Waals surface area contributed by atoms with Gasteiger partial charge in [-0.3, -0.25) is 9.69 Å². The van der Waals surface area contributed by atoms with Gasteiger partial charge in [-0.1, -0.05) is 61.7 Å². The molecule has 2 heterocycles. The van der Waals surface area contributed by atoms with Crippen LogP contribution in [0.3, 0.4) is 0 Å². The SMILES string of the molecule is COc1cccc(CN2[C@@H](CO)[C@@H](c3ccccc3)C23CN(C(=O)C2CCCCC2)C3)c1. The molecule has 0 bridgehead atoms. The van der Waals surface area contributed by atoms with Crippen LogP contribution in [0.15, 0.2) is 54.6 Å². The Bertz CT molecular complexity index is 935. The number of methoxy groups -OCH3 is 1. The molecule has 1 saturated carbocycles. The molecule has 3 fully saturated rings. The molecule has 5 nitrogen and oxygen atoms in total. The second kappa shape index (κ2) is 8.87. The van der Waals surface area contributed by atoms with Crippen molar-refractivity contribution in [2.75, 3.05) is 26.8 Å². The van der Waals surface area contributed by atoms with Gasteiger partial charge in [0.2, 0.25) is 5.91 Å². The molecular formula is C27H34N2O3. The lowest BCUT2D eigenvalue weighted by molar-refractivity contribution is -0.202. The first-order valence-corrected chi connectivity index (χ1v) is 12.0. The third-order valence-electron chi connectivity index (χ3n) is 7.96. The lowest BCUT2D eigenvalue weighted by Crippen LogP contribution is -2.84. The smallest absolute Gasteiger partial charge is 0.225 e. The molecule has 1 amide bonds. The summed E-state index contributed by atoms with van der Waals surface area (Å²) in [7, 11) is 1.69. The first-order valence-electron chi connectivity index (χ1n) is 12.0. The van der Waals surface area contributed by atoms with Crippen LogP contribution in [0.2, 0.25) is 0 Å². The standard InChI is InChI=1S/C27H34N2O3/c1-32-23-14-8-9-20(15-23)16-29-24(17-30)25(21-10-4-2-5-11-21)27(29)18-28(19-27)26(31)22-12-6-3-7-13-22/h2,4-5,8-11,14-15,22,24-25,30H,3,6-7,12-13,16-19H2,1H3/t24-,25+/m0/s1. The van der Waals surface area contributed by atoms with Gasteiger partial charge in [0, 0.05) is 37.5 Å². The summed E-state index contributed by atoms with van der Waals surface area (Å²) in [6.07, 6.45) is 5.69. The first-order chi connectivity index (χ1) is 15.7. The fourth-order valence-electron chi connectivity index (χ4n) is 6.36. The fraction of sp³-hybridized carbons (Fsp3) is 0.519. The van der Waals surface area contributed by atoms with Gasteiger partial charge in [-0.05, 0) is 36.1 Å². The number of amides is 1. The zero-order valence-electron chi connectivity index (χ0n) is 19.0. The normalized spacial score (nSPS) is 25.2. The zero-order valence-corrected chi connectivity index (χ0v) is 19.0. The molecule has 1 spiro atoms. The predicted molar refractivity (Wildman–Crippen MR) is 124 cm³/mol. The van der Waals surface area contributed by atoms with Crippen LogP contribution in [-0.4, -0.2) is 59.2 Å². The monoisotopic (exact) mass is 434 g/mol. The lowest BCUT2D eigenvalue weighted by atomic mass is 9.60. The van der Waals surface area contributed by atoms with Crippen molar-refractivity contribution >= 4 is 5.91 Å². The Kier molecular flexibility index (Phi) is 5.95. The highest BCUT2D eigenvalue weighted by Crippen LogP contribution is 2.54. The molecule has 5 heteroatoms. The summed E-state index contributed by atoms with van der Waals surface area (Å²) in [5.74, 6) is 1.63. The number of ether oxygens (including phenoxy) is 1. The number of rotatable bonds is 6. The van der Waals surface area contributed by atoms with Gasteiger partial charge in [0.15, 0.2) is 0 Å². The molecule has 2 aromatic carbocycles. The van der Waals surface area contributed by atoms with Crippen LogP contribution in [-0.2, 0) is 11.3 Å². The van der Waals surface area contributed by atoms with Crippen molar-refractivity contribution in [1.29, 1.82) is 0 Å². The number of carbonyl (C=O) groups excluding carboxylic acids is 1. The Morgan fingerprint density at radius 1 is 1.06 bits per heavy atom. The van der Waals surface area contributed by atoms with Gasteiger partial charge in [-0.25, -0.2) is 0 Å². The van der Waals surface area contributed by atoms with E-state index in [2.05, 4.69) is 46.2 Å². The summed E-state index contributed by atoms with van der Waals surface area (Å²) < 4.78 is 5.42. The predicted octanol–water partition coefficient (Wildman–Crippen LogP) is 3.82. The molecule has 32 heavy (non-hydrogen) atoms. The van der Waals surface area contributed by atoms with Gasteiger partial charge < -0.3 is 14.7 Å². The van der Waals surface area contributed by atoms with Crippen LogP contribution in [0, 0.1) is 5.92 Å². The summed E-state index contributed by atoms with van der Waals surface area (Å²) in [5.41, 5.74) is 2.33. The van der Waals surface area contributed by atoms with E-state index in [1.165, 1.54) is 30.4 Å². The Balaban J connectivity index is 1.40. The van der Waals surface area contributed by atoms with E-state index in [0.717, 1.165) is 38.2 Å². The Hall–Kier alpha value is -2.37. The minimum absolute atomic E-state index is 0.0514. The van der Waals surface area contributed by atoms with Crippen molar-refractivity contribution in [2.45, 2.75) is 56.1 Å². The van der Waals surface area contributed by atoms with E-state index in [1.807, 2.05) is 18.2 Å². The van der Waals surface area contributed by atoms with Crippen molar-refractivity contribution in [3.63, 3.8) is 0 Å². The van der Waals surface area contributed by atoms with Crippen LogP contribution in [0.5, 0.6) is 5.75 Å². The largest absolute Gasteiger partial charge is 0.497 e. The summed E-state index contributed by atoms with van der Waals surface area (Å²) in [5, 5.41) is 10.4. The average Bonchev–Trinajstić information content (AvgIpc) is 2.82. The molecule has 2 atom stereocenters. The van der Waals surface area contributed by atoms with Gasteiger partial charge in [0.1, 0.15) is 5.75 Å². The zero-order chi connectivity index (χ0) is 22.1. The summed E-state index contributed by atoms with van der Waals surface area (Å²) in [6, 6.07) is 18.7. The van der Waals surface area contributed by atoms with E-state index in [9.17, 15) is 9.90 Å². The fourth-order valence-corrected chi connectivity index (χ4v) is 6.36. The lowest BCUT2D eigenvalue weighted by Gasteiger charge is -2.71. The van der Waals surface area contributed by atoms with E-state index >= 15 is 0 Å². The van der Waals surface area contributed by atoms with Crippen molar-refractivity contribution in [1.82, 2.24) is 9.80 Å². The highest BCUT2D eigenvalue weighted by molar-refractivity contribution is 5.80. The molecule has 5 rings (SSSR count). The molecule has 0 aromatic heterocycles. The van der Waals surface area contributed by atoms with Crippen LogP contribution in [0.4, 0.5) is 0 Å². The molecule has 3 aliphatic rings. The van der Waals surface area contributed by atoms with Gasteiger partial charge in [-0.15, -0.1) is 0 Å². The average molecular weight is 435 g/mol. The summed E-state index contributed by atoms with van der Waals surface area (Å²) in [4.78, 5) is 17.7. The number of nitrogens with zero attached hydrogens (tertiary/aromatic N) is 2. The highest BCUT2D eigenvalue weighted by atomic mass is 16.5. The Labute approximate surface area is 191 Å². The second-order valence-electron chi connectivity index (χ2n) is 9.75. The molecular weight excluding hydrogens is 400 g/mol. The Morgan fingerprint density at radius 2 is 1.81 bits per heavy atom. The van der Waals surface area contributed by atoms with E-state index in [0.29, 0.717) is 5.91 Å². The maximum atomic E-state index is 13.2. The van der Waals surface area contributed by atoms with E-state index in [4.69, 9.17) is 4.74 Å².